The number of aromatic nitrogens is 4. The molecular formula is C9H9ClN6O. The molecule has 0 aliphatic rings. The zero-order valence-electron chi connectivity index (χ0n) is 8.88. The molecule has 0 aliphatic heterocycles. The van der Waals surface area contributed by atoms with Crippen LogP contribution in [0, 0.1) is 0 Å². The molecule has 2 heterocycles. The Morgan fingerprint density at radius 3 is 2.94 bits per heavy atom. The summed E-state index contributed by atoms with van der Waals surface area (Å²) in [6.45, 7) is 0. The lowest BCUT2D eigenvalue weighted by Crippen LogP contribution is -2.19. The predicted octanol–water partition coefficient (Wildman–Crippen LogP) is 0.698. The summed E-state index contributed by atoms with van der Waals surface area (Å²) < 4.78 is 1.37. The molecule has 3 N–H and O–H groups in total. The van der Waals surface area contributed by atoms with Crippen LogP contribution in [-0.2, 0) is 7.05 Å². The molecular weight excluding hydrogens is 244 g/mol. The maximum absolute atomic E-state index is 11.9. The Bertz CT molecular complexity index is 547. The maximum atomic E-state index is 11.9. The molecule has 0 saturated carbocycles. The van der Waals surface area contributed by atoms with Gasteiger partial charge in [-0.2, -0.15) is 5.10 Å². The zero-order chi connectivity index (χ0) is 12.4. The lowest BCUT2D eigenvalue weighted by atomic mass is 10.3. The van der Waals surface area contributed by atoms with Crippen molar-refractivity contribution in [2.45, 2.75) is 0 Å². The van der Waals surface area contributed by atoms with Gasteiger partial charge in [0, 0.05) is 13.2 Å². The van der Waals surface area contributed by atoms with Crippen LogP contribution in [0.2, 0.25) is 5.15 Å². The van der Waals surface area contributed by atoms with Crippen molar-refractivity contribution in [3.05, 3.63) is 29.3 Å². The molecule has 2 rings (SSSR count). The standard InChI is InChI=1S/C9H9ClN6O/c1-16-7(5(11)4-13-16)8(17)15-9-12-3-2-6(10)14-9/h2-4H,11H2,1H3,(H,12,14,15,17). The Balaban J connectivity index is 2.23. The summed E-state index contributed by atoms with van der Waals surface area (Å²) in [5, 5.41) is 6.58. The fourth-order valence-electron chi connectivity index (χ4n) is 1.29. The summed E-state index contributed by atoms with van der Waals surface area (Å²) in [5.41, 5.74) is 6.14. The third-order valence-corrected chi connectivity index (χ3v) is 2.24. The van der Waals surface area contributed by atoms with E-state index in [0.29, 0.717) is 0 Å². The normalized spacial score (nSPS) is 10.2. The van der Waals surface area contributed by atoms with Crippen LogP contribution >= 0.6 is 11.6 Å². The predicted molar refractivity (Wildman–Crippen MR) is 62.6 cm³/mol. The van der Waals surface area contributed by atoms with Gasteiger partial charge >= 0.3 is 0 Å². The highest BCUT2D eigenvalue weighted by atomic mass is 35.5. The quantitative estimate of drug-likeness (QED) is 0.767. The molecule has 2 aromatic rings. The van der Waals surface area contributed by atoms with Crippen molar-refractivity contribution >= 4 is 29.1 Å². The number of nitrogen functional groups attached to an aromatic ring is 1. The Morgan fingerprint density at radius 1 is 1.59 bits per heavy atom. The van der Waals surface area contributed by atoms with Gasteiger partial charge in [0.1, 0.15) is 10.8 Å². The number of aryl methyl sites for hydroxylation is 1. The van der Waals surface area contributed by atoms with E-state index in [1.807, 2.05) is 0 Å². The van der Waals surface area contributed by atoms with E-state index in [1.165, 1.54) is 23.1 Å². The second-order valence-electron chi connectivity index (χ2n) is 3.23. The minimum atomic E-state index is -0.440. The van der Waals surface area contributed by atoms with Gasteiger partial charge in [0.25, 0.3) is 5.91 Å². The Morgan fingerprint density at radius 2 is 2.35 bits per heavy atom. The summed E-state index contributed by atoms with van der Waals surface area (Å²) in [5.74, 6) is -0.326. The Labute approximate surface area is 102 Å². The summed E-state index contributed by atoms with van der Waals surface area (Å²) in [6.07, 6.45) is 2.84. The van der Waals surface area contributed by atoms with E-state index in [0.717, 1.165) is 0 Å². The van der Waals surface area contributed by atoms with E-state index in [1.54, 1.807) is 7.05 Å². The van der Waals surface area contributed by atoms with Crippen LogP contribution in [0.15, 0.2) is 18.5 Å². The fourth-order valence-corrected chi connectivity index (χ4v) is 1.43. The highest BCUT2D eigenvalue weighted by Gasteiger charge is 2.15. The van der Waals surface area contributed by atoms with Crippen molar-refractivity contribution in [2.24, 2.45) is 7.05 Å². The molecule has 1 amide bonds. The van der Waals surface area contributed by atoms with Crippen molar-refractivity contribution in [1.82, 2.24) is 19.7 Å². The first-order chi connectivity index (χ1) is 8.08. The molecule has 0 fully saturated rings. The molecule has 88 valence electrons. The van der Waals surface area contributed by atoms with Gasteiger partial charge in [0.05, 0.1) is 11.9 Å². The number of anilines is 2. The highest BCUT2D eigenvalue weighted by Crippen LogP contribution is 2.12. The lowest BCUT2D eigenvalue weighted by Gasteiger charge is -2.04. The van der Waals surface area contributed by atoms with E-state index in [4.69, 9.17) is 17.3 Å². The van der Waals surface area contributed by atoms with Crippen LogP contribution in [0.5, 0.6) is 0 Å². The van der Waals surface area contributed by atoms with E-state index in [2.05, 4.69) is 20.4 Å². The zero-order valence-corrected chi connectivity index (χ0v) is 9.64. The molecule has 0 aromatic carbocycles. The van der Waals surface area contributed by atoms with Crippen molar-refractivity contribution in [3.63, 3.8) is 0 Å². The van der Waals surface area contributed by atoms with Crippen LogP contribution < -0.4 is 11.1 Å². The van der Waals surface area contributed by atoms with Crippen molar-refractivity contribution < 1.29 is 4.79 Å². The number of halogens is 1. The molecule has 0 saturated heterocycles. The molecule has 0 unspecified atom stereocenters. The fraction of sp³-hybridized carbons (Fsp3) is 0.111. The summed E-state index contributed by atoms with van der Waals surface area (Å²) in [4.78, 5) is 19.5. The van der Waals surface area contributed by atoms with Gasteiger partial charge in [0.15, 0.2) is 0 Å². The Hall–Kier alpha value is -2.15. The average Bonchev–Trinajstić information content (AvgIpc) is 2.58. The first kappa shape index (κ1) is 11.3. The second kappa shape index (κ2) is 4.38. The molecule has 8 heteroatoms. The van der Waals surface area contributed by atoms with Crippen LogP contribution in [0.25, 0.3) is 0 Å². The summed E-state index contributed by atoms with van der Waals surface area (Å²) in [7, 11) is 1.62. The topological polar surface area (TPSA) is 98.7 Å². The number of hydrogen-bond donors (Lipinski definition) is 2. The number of rotatable bonds is 2. The average molecular weight is 253 g/mol. The number of hydrogen-bond acceptors (Lipinski definition) is 5. The van der Waals surface area contributed by atoms with Gasteiger partial charge in [-0.15, -0.1) is 0 Å². The third-order valence-electron chi connectivity index (χ3n) is 2.03. The first-order valence-electron chi connectivity index (χ1n) is 4.65. The Kier molecular flexibility index (Phi) is 2.92. The van der Waals surface area contributed by atoms with Crippen molar-refractivity contribution in [1.29, 1.82) is 0 Å². The van der Waals surface area contributed by atoms with Gasteiger partial charge in [-0.1, -0.05) is 11.6 Å². The van der Waals surface area contributed by atoms with E-state index < -0.39 is 5.91 Å². The monoisotopic (exact) mass is 252 g/mol. The van der Waals surface area contributed by atoms with Crippen LogP contribution in [-0.4, -0.2) is 25.7 Å². The molecule has 0 bridgehead atoms. The van der Waals surface area contributed by atoms with Crippen molar-refractivity contribution in [3.8, 4) is 0 Å². The molecule has 0 spiro atoms. The van der Waals surface area contributed by atoms with Gasteiger partial charge in [-0.25, -0.2) is 9.97 Å². The molecule has 2 aromatic heterocycles. The molecule has 0 aliphatic carbocycles. The number of nitrogens with one attached hydrogen (secondary N) is 1. The van der Waals surface area contributed by atoms with Gasteiger partial charge in [-0.05, 0) is 6.07 Å². The van der Waals surface area contributed by atoms with Gasteiger partial charge in [0.2, 0.25) is 5.95 Å². The number of nitrogens with zero attached hydrogens (tertiary/aromatic N) is 4. The van der Waals surface area contributed by atoms with Crippen LogP contribution in [0.1, 0.15) is 10.5 Å². The van der Waals surface area contributed by atoms with Gasteiger partial charge < -0.3 is 5.73 Å². The first-order valence-corrected chi connectivity index (χ1v) is 5.03. The lowest BCUT2D eigenvalue weighted by molar-refractivity contribution is 0.101. The summed E-state index contributed by atoms with van der Waals surface area (Å²) in [6, 6.07) is 1.51. The van der Waals surface area contributed by atoms with Crippen LogP contribution in [0.4, 0.5) is 11.6 Å². The number of nitrogens with two attached hydrogens (primary N) is 1. The number of carbonyl (C=O) groups excluding carboxylic acids is 1. The van der Waals surface area contributed by atoms with E-state index >= 15 is 0 Å². The van der Waals surface area contributed by atoms with Crippen LogP contribution in [0.3, 0.4) is 0 Å². The largest absolute Gasteiger partial charge is 0.396 e. The van der Waals surface area contributed by atoms with E-state index in [-0.39, 0.29) is 22.5 Å². The minimum absolute atomic E-state index is 0.114. The summed E-state index contributed by atoms with van der Waals surface area (Å²) >= 11 is 5.67. The van der Waals surface area contributed by atoms with Gasteiger partial charge in [-0.3, -0.25) is 14.8 Å². The minimum Gasteiger partial charge on any atom is -0.396 e. The number of carbonyl (C=O) groups is 1. The second-order valence-corrected chi connectivity index (χ2v) is 3.62. The number of amides is 1. The smallest absolute Gasteiger partial charge is 0.278 e. The molecule has 0 atom stereocenters. The maximum Gasteiger partial charge on any atom is 0.278 e. The SMILES string of the molecule is Cn1ncc(N)c1C(=O)Nc1nccc(Cl)n1. The highest BCUT2D eigenvalue weighted by molar-refractivity contribution is 6.29. The molecule has 0 radical (unpaired) electrons. The van der Waals surface area contributed by atoms with Crippen molar-refractivity contribution in [2.75, 3.05) is 11.1 Å². The molecule has 7 nitrogen and oxygen atoms in total. The molecule has 17 heavy (non-hydrogen) atoms. The van der Waals surface area contributed by atoms with E-state index in [9.17, 15) is 4.79 Å². The third kappa shape index (κ3) is 2.34.